The van der Waals surface area contributed by atoms with E-state index in [1.807, 2.05) is 6.92 Å². The number of aryl methyl sites for hydroxylation is 1. The SMILES string of the molecule is Cc1cc2c(cnn2-c2ccc(F)cc2)cc1N1CC[C@@H](NS(C)(=O)=O)C1. The van der Waals surface area contributed by atoms with Gasteiger partial charge in [0.1, 0.15) is 5.82 Å². The average Bonchev–Trinajstić information content (AvgIpc) is 3.20. The highest BCUT2D eigenvalue weighted by Gasteiger charge is 2.26. The summed E-state index contributed by atoms with van der Waals surface area (Å²) in [7, 11) is -3.21. The maximum absolute atomic E-state index is 13.2. The molecule has 142 valence electrons. The summed E-state index contributed by atoms with van der Waals surface area (Å²) in [5, 5.41) is 5.44. The van der Waals surface area contributed by atoms with E-state index in [1.54, 1.807) is 23.0 Å². The summed E-state index contributed by atoms with van der Waals surface area (Å²) in [6.07, 6.45) is 3.76. The van der Waals surface area contributed by atoms with E-state index in [-0.39, 0.29) is 11.9 Å². The molecule has 0 radical (unpaired) electrons. The molecule has 0 spiro atoms. The van der Waals surface area contributed by atoms with Crippen LogP contribution in [0.25, 0.3) is 16.6 Å². The van der Waals surface area contributed by atoms with Crippen LogP contribution in [0.15, 0.2) is 42.6 Å². The van der Waals surface area contributed by atoms with Crippen molar-refractivity contribution in [2.45, 2.75) is 19.4 Å². The van der Waals surface area contributed by atoms with Crippen LogP contribution in [0.3, 0.4) is 0 Å². The molecule has 6 nitrogen and oxygen atoms in total. The predicted octanol–water partition coefficient (Wildman–Crippen LogP) is 2.60. The number of rotatable bonds is 4. The van der Waals surface area contributed by atoms with Gasteiger partial charge >= 0.3 is 0 Å². The van der Waals surface area contributed by atoms with Crippen LogP contribution in [0.1, 0.15) is 12.0 Å². The quantitative estimate of drug-likeness (QED) is 0.746. The second kappa shape index (κ2) is 6.61. The molecule has 3 aromatic rings. The van der Waals surface area contributed by atoms with Gasteiger partial charge in [0.2, 0.25) is 10.0 Å². The molecular formula is C19H21FN4O2S. The molecule has 8 heteroatoms. The van der Waals surface area contributed by atoms with Crippen LogP contribution in [-0.4, -0.2) is 43.6 Å². The third kappa shape index (κ3) is 3.68. The van der Waals surface area contributed by atoms with Gasteiger partial charge in [0.15, 0.2) is 0 Å². The van der Waals surface area contributed by atoms with Crippen molar-refractivity contribution in [3.63, 3.8) is 0 Å². The van der Waals surface area contributed by atoms with Gasteiger partial charge in [-0.25, -0.2) is 22.2 Å². The number of halogens is 1. The summed E-state index contributed by atoms with van der Waals surface area (Å²) in [6, 6.07) is 10.3. The molecule has 4 rings (SSSR count). The third-order valence-corrected chi connectivity index (χ3v) is 5.63. The first-order valence-electron chi connectivity index (χ1n) is 8.77. The van der Waals surface area contributed by atoms with E-state index in [0.29, 0.717) is 6.54 Å². The Morgan fingerprint density at radius 3 is 2.67 bits per heavy atom. The summed E-state index contributed by atoms with van der Waals surface area (Å²) in [5.41, 5.74) is 3.93. The van der Waals surface area contributed by atoms with E-state index in [4.69, 9.17) is 0 Å². The van der Waals surface area contributed by atoms with Crippen LogP contribution in [-0.2, 0) is 10.0 Å². The molecule has 1 saturated heterocycles. The fourth-order valence-corrected chi connectivity index (χ4v) is 4.47. The normalized spacial score (nSPS) is 17.7. The topological polar surface area (TPSA) is 67.2 Å². The molecule has 1 atom stereocenters. The fourth-order valence-electron chi connectivity index (χ4n) is 3.67. The lowest BCUT2D eigenvalue weighted by molar-refractivity contribution is 0.567. The number of benzene rings is 2. The van der Waals surface area contributed by atoms with E-state index in [2.05, 4.69) is 26.9 Å². The Kier molecular flexibility index (Phi) is 4.39. The van der Waals surface area contributed by atoms with Crippen LogP contribution in [0.5, 0.6) is 0 Å². The fraction of sp³-hybridized carbons (Fsp3) is 0.316. The van der Waals surface area contributed by atoms with Gasteiger partial charge in [0, 0.05) is 30.2 Å². The summed E-state index contributed by atoms with van der Waals surface area (Å²) < 4.78 is 40.6. The van der Waals surface area contributed by atoms with Crippen molar-refractivity contribution < 1.29 is 12.8 Å². The summed E-state index contributed by atoms with van der Waals surface area (Å²) in [5.74, 6) is -0.278. The van der Waals surface area contributed by atoms with Gasteiger partial charge in [-0.3, -0.25) is 0 Å². The van der Waals surface area contributed by atoms with E-state index in [9.17, 15) is 12.8 Å². The zero-order valence-corrected chi connectivity index (χ0v) is 16.0. The number of hydrogen-bond donors (Lipinski definition) is 1. The number of hydrogen-bond acceptors (Lipinski definition) is 4. The van der Waals surface area contributed by atoms with Crippen molar-refractivity contribution in [1.82, 2.24) is 14.5 Å². The van der Waals surface area contributed by atoms with Crippen LogP contribution in [0.4, 0.5) is 10.1 Å². The molecule has 1 fully saturated rings. The van der Waals surface area contributed by atoms with Crippen LogP contribution >= 0.6 is 0 Å². The minimum Gasteiger partial charge on any atom is -0.370 e. The van der Waals surface area contributed by atoms with Gasteiger partial charge in [-0.1, -0.05) is 0 Å². The Labute approximate surface area is 157 Å². The number of fused-ring (bicyclic) bond motifs is 1. The predicted molar refractivity (Wildman–Crippen MR) is 104 cm³/mol. The Balaban J connectivity index is 1.65. The van der Waals surface area contributed by atoms with Crippen molar-refractivity contribution >= 4 is 26.6 Å². The van der Waals surface area contributed by atoms with Gasteiger partial charge in [-0.05, 0) is 55.3 Å². The lowest BCUT2D eigenvalue weighted by atomic mass is 10.1. The minimum absolute atomic E-state index is 0.0722. The number of sulfonamides is 1. The van der Waals surface area contributed by atoms with Crippen molar-refractivity contribution in [3.8, 4) is 5.69 Å². The number of nitrogens with one attached hydrogen (secondary N) is 1. The van der Waals surface area contributed by atoms with Gasteiger partial charge in [-0.15, -0.1) is 0 Å². The highest BCUT2D eigenvalue weighted by atomic mass is 32.2. The van der Waals surface area contributed by atoms with E-state index < -0.39 is 10.0 Å². The number of aromatic nitrogens is 2. The van der Waals surface area contributed by atoms with Gasteiger partial charge in [-0.2, -0.15) is 5.10 Å². The molecule has 1 aromatic heterocycles. The van der Waals surface area contributed by atoms with Crippen molar-refractivity contribution in [2.75, 3.05) is 24.2 Å². The Morgan fingerprint density at radius 2 is 1.96 bits per heavy atom. The highest BCUT2D eigenvalue weighted by molar-refractivity contribution is 7.88. The maximum atomic E-state index is 13.2. The van der Waals surface area contributed by atoms with Gasteiger partial charge in [0.05, 0.1) is 23.7 Å². The van der Waals surface area contributed by atoms with E-state index in [1.165, 1.54) is 18.4 Å². The number of anilines is 1. The molecule has 1 aliphatic heterocycles. The number of nitrogens with zero attached hydrogens (tertiary/aromatic N) is 3. The standard InChI is InChI=1S/C19H21FN4O2S/c1-13-9-19-14(11-21-24(19)17-5-3-15(20)4-6-17)10-18(13)23-8-7-16(12-23)22-27(2,25)26/h3-6,9-11,16,22H,7-8,12H2,1-2H3/t16-/m1/s1. The second-order valence-corrected chi connectivity index (χ2v) is 8.83. The second-order valence-electron chi connectivity index (χ2n) is 7.05. The van der Waals surface area contributed by atoms with Crippen molar-refractivity contribution in [2.24, 2.45) is 0 Å². The molecule has 0 aliphatic carbocycles. The smallest absolute Gasteiger partial charge is 0.209 e. The molecule has 2 aromatic carbocycles. The van der Waals surface area contributed by atoms with Crippen molar-refractivity contribution in [3.05, 3.63) is 54.0 Å². The van der Waals surface area contributed by atoms with E-state index in [0.717, 1.165) is 40.8 Å². The largest absolute Gasteiger partial charge is 0.370 e. The first-order chi connectivity index (χ1) is 12.8. The van der Waals surface area contributed by atoms with Gasteiger partial charge < -0.3 is 4.90 Å². The van der Waals surface area contributed by atoms with E-state index >= 15 is 0 Å². The molecule has 0 amide bonds. The Morgan fingerprint density at radius 1 is 1.22 bits per heavy atom. The lowest BCUT2D eigenvalue weighted by Crippen LogP contribution is -2.36. The first-order valence-corrected chi connectivity index (χ1v) is 10.7. The molecule has 0 saturated carbocycles. The Bertz CT molecular complexity index is 1090. The monoisotopic (exact) mass is 388 g/mol. The first kappa shape index (κ1) is 17.9. The highest BCUT2D eigenvalue weighted by Crippen LogP contribution is 2.30. The lowest BCUT2D eigenvalue weighted by Gasteiger charge is -2.21. The molecular weight excluding hydrogens is 367 g/mol. The van der Waals surface area contributed by atoms with Crippen LogP contribution in [0.2, 0.25) is 0 Å². The third-order valence-electron chi connectivity index (χ3n) is 4.87. The van der Waals surface area contributed by atoms with Crippen molar-refractivity contribution in [1.29, 1.82) is 0 Å². The average molecular weight is 388 g/mol. The Hall–Kier alpha value is -2.45. The zero-order valence-electron chi connectivity index (χ0n) is 15.2. The maximum Gasteiger partial charge on any atom is 0.209 e. The molecule has 0 bridgehead atoms. The summed E-state index contributed by atoms with van der Waals surface area (Å²) >= 11 is 0. The summed E-state index contributed by atoms with van der Waals surface area (Å²) in [6.45, 7) is 3.48. The van der Waals surface area contributed by atoms with Crippen LogP contribution in [0, 0.1) is 12.7 Å². The molecule has 1 aliphatic rings. The minimum atomic E-state index is -3.21. The molecule has 2 heterocycles. The van der Waals surface area contributed by atoms with Gasteiger partial charge in [0.25, 0.3) is 0 Å². The molecule has 1 N–H and O–H groups in total. The molecule has 0 unspecified atom stereocenters. The van der Waals surface area contributed by atoms with Crippen LogP contribution < -0.4 is 9.62 Å². The summed E-state index contributed by atoms with van der Waals surface area (Å²) in [4.78, 5) is 2.20. The zero-order chi connectivity index (χ0) is 19.2. The molecule has 27 heavy (non-hydrogen) atoms.